The van der Waals surface area contributed by atoms with Crippen LogP contribution in [0.1, 0.15) is 30.4 Å². The molecule has 0 radical (unpaired) electrons. The van der Waals surface area contributed by atoms with Gasteiger partial charge in [0.1, 0.15) is 11.3 Å². The van der Waals surface area contributed by atoms with Gasteiger partial charge in [-0.05, 0) is 49.8 Å². The molecule has 29 heavy (non-hydrogen) atoms. The van der Waals surface area contributed by atoms with E-state index in [1.54, 1.807) is 12.1 Å². The average Bonchev–Trinajstić information content (AvgIpc) is 3.41. The number of carbonyl (C=O) groups excluding carboxylic acids is 2. The molecule has 0 spiro atoms. The summed E-state index contributed by atoms with van der Waals surface area (Å²) >= 11 is 0. The number of hydrogen-bond acceptors (Lipinski definition) is 7. The molecular formula is C21H23NO7. The Hall–Kier alpha value is -2.87. The standard InChI is InChI=1S/C21H23NO7/c23-19(22-10-14-3-2-8-26-14)11-28-20(24)12-27-13-6-7-16-15-4-1-5-17(15)21(25)29-18(16)9-13/h6-7,9,14H,1-5,8,10-12H2,(H,22,23)/t14-/m0/s1. The summed E-state index contributed by atoms with van der Waals surface area (Å²) in [6.45, 7) is 0.416. The SMILES string of the molecule is O=C(COC(=O)COc1ccc2c3c(c(=O)oc2c1)CCC3)NC[C@@H]1CCCO1. The Labute approximate surface area is 167 Å². The number of carbonyl (C=O) groups is 2. The molecule has 1 aliphatic carbocycles. The van der Waals surface area contributed by atoms with Crippen LogP contribution in [0.5, 0.6) is 5.75 Å². The Morgan fingerprint density at radius 1 is 1.14 bits per heavy atom. The Kier molecular flexibility index (Phi) is 5.80. The van der Waals surface area contributed by atoms with Gasteiger partial charge in [-0.15, -0.1) is 0 Å². The minimum atomic E-state index is -0.659. The van der Waals surface area contributed by atoms with E-state index in [1.807, 2.05) is 6.07 Å². The maximum atomic E-state index is 12.1. The molecule has 0 unspecified atom stereocenters. The van der Waals surface area contributed by atoms with E-state index < -0.39 is 5.97 Å². The van der Waals surface area contributed by atoms with E-state index in [9.17, 15) is 14.4 Å². The van der Waals surface area contributed by atoms with Crippen LogP contribution in [-0.4, -0.2) is 44.3 Å². The van der Waals surface area contributed by atoms with Gasteiger partial charge in [0, 0.05) is 30.2 Å². The molecule has 1 aliphatic heterocycles. The average molecular weight is 401 g/mol. The molecule has 4 rings (SSSR count). The number of nitrogens with one attached hydrogen (secondary N) is 1. The summed E-state index contributed by atoms with van der Waals surface area (Å²) in [4.78, 5) is 35.6. The number of hydrogen-bond donors (Lipinski definition) is 1. The van der Waals surface area contributed by atoms with Crippen LogP contribution in [0.3, 0.4) is 0 Å². The molecule has 8 nitrogen and oxygen atoms in total. The number of fused-ring (bicyclic) bond motifs is 3. The maximum Gasteiger partial charge on any atom is 0.344 e. The van der Waals surface area contributed by atoms with Crippen LogP contribution >= 0.6 is 0 Å². The zero-order valence-corrected chi connectivity index (χ0v) is 16.0. The first-order valence-electron chi connectivity index (χ1n) is 9.85. The number of ether oxygens (including phenoxy) is 3. The van der Waals surface area contributed by atoms with Crippen molar-refractivity contribution >= 4 is 22.8 Å². The van der Waals surface area contributed by atoms with E-state index in [1.165, 1.54) is 0 Å². The Morgan fingerprint density at radius 2 is 2.00 bits per heavy atom. The van der Waals surface area contributed by atoms with E-state index in [0.717, 1.165) is 48.6 Å². The quantitative estimate of drug-likeness (QED) is 0.554. The highest BCUT2D eigenvalue weighted by Gasteiger charge is 2.20. The predicted molar refractivity (Wildman–Crippen MR) is 103 cm³/mol. The van der Waals surface area contributed by atoms with Gasteiger partial charge in [0.2, 0.25) is 0 Å². The van der Waals surface area contributed by atoms with Crippen LogP contribution in [0.2, 0.25) is 0 Å². The molecule has 2 aliphatic rings. The number of amides is 1. The molecule has 1 saturated heterocycles. The van der Waals surface area contributed by atoms with Gasteiger partial charge in [-0.1, -0.05) is 0 Å². The fraction of sp³-hybridized carbons (Fsp3) is 0.476. The summed E-state index contributed by atoms with van der Waals surface area (Å²) in [5, 5.41) is 3.57. The van der Waals surface area contributed by atoms with Crippen molar-refractivity contribution in [3.05, 3.63) is 39.7 Å². The van der Waals surface area contributed by atoms with Gasteiger partial charge in [-0.25, -0.2) is 9.59 Å². The lowest BCUT2D eigenvalue weighted by atomic mass is 10.1. The summed E-state index contributed by atoms with van der Waals surface area (Å²) in [6, 6.07) is 5.15. The third-order valence-corrected chi connectivity index (χ3v) is 5.22. The predicted octanol–water partition coefficient (Wildman–Crippen LogP) is 1.50. The van der Waals surface area contributed by atoms with Gasteiger partial charge in [0.25, 0.3) is 5.91 Å². The van der Waals surface area contributed by atoms with Gasteiger partial charge in [-0.2, -0.15) is 0 Å². The Morgan fingerprint density at radius 3 is 2.83 bits per heavy atom. The highest BCUT2D eigenvalue weighted by molar-refractivity contribution is 5.83. The summed E-state index contributed by atoms with van der Waals surface area (Å²) in [5.74, 6) is -0.652. The van der Waals surface area contributed by atoms with Crippen molar-refractivity contribution in [3.8, 4) is 5.75 Å². The Bertz CT molecular complexity index is 975. The van der Waals surface area contributed by atoms with Crippen molar-refractivity contribution in [2.45, 2.75) is 38.2 Å². The van der Waals surface area contributed by atoms with E-state index >= 15 is 0 Å². The third kappa shape index (κ3) is 4.59. The van der Waals surface area contributed by atoms with Crippen LogP contribution < -0.4 is 15.7 Å². The van der Waals surface area contributed by atoms with Crippen LogP contribution in [0.25, 0.3) is 11.0 Å². The second-order valence-corrected chi connectivity index (χ2v) is 7.25. The monoisotopic (exact) mass is 401 g/mol. The molecule has 154 valence electrons. The van der Waals surface area contributed by atoms with Crippen molar-refractivity contribution in [1.29, 1.82) is 0 Å². The molecule has 8 heteroatoms. The second-order valence-electron chi connectivity index (χ2n) is 7.25. The van der Waals surface area contributed by atoms with Gasteiger partial charge >= 0.3 is 11.6 Å². The zero-order chi connectivity index (χ0) is 20.2. The summed E-state index contributed by atoms with van der Waals surface area (Å²) < 4.78 is 21.1. The van der Waals surface area contributed by atoms with E-state index in [4.69, 9.17) is 18.6 Å². The van der Waals surface area contributed by atoms with Gasteiger partial charge in [-0.3, -0.25) is 4.79 Å². The summed E-state index contributed by atoms with van der Waals surface area (Å²) in [5.41, 5.74) is 1.93. The van der Waals surface area contributed by atoms with Crippen LogP contribution in [0.15, 0.2) is 27.4 Å². The van der Waals surface area contributed by atoms with Crippen LogP contribution in [0.4, 0.5) is 0 Å². The topological polar surface area (TPSA) is 104 Å². The molecule has 1 N–H and O–H groups in total. The van der Waals surface area contributed by atoms with Crippen molar-refractivity contribution in [1.82, 2.24) is 5.32 Å². The molecule has 1 fully saturated rings. The normalized spacial score (nSPS) is 17.9. The lowest BCUT2D eigenvalue weighted by Gasteiger charge is -2.11. The first-order valence-corrected chi connectivity index (χ1v) is 9.85. The first-order chi connectivity index (χ1) is 14.1. The van der Waals surface area contributed by atoms with Gasteiger partial charge in [0.05, 0.1) is 6.10 Å². The minimum Gasteiger partial charge on any atom is -0.482 e. The molecule has 1 atom stereocenters. The molecule has 1 aromatic carbocycles. The van der Waals surface area contributed by atoms with Crippen LogP contribution in [-0.2, 0) is 31.9 Å². The van der Waals surface area contributed by atoms with Crippen molar-refractivity contribution in [2.75, 3.05) is 26.4 Å². The highest BCUT2D eigenvalue weighted by atomic mass is 16.6. The Balaban J connectivity index is 1.27. The molecule has 1 amide bonds. The molecule has 1 aromatic heterocycles. The van der Waals surface area contributed by atoms with Crippen LogP contribution in [0, 0.1) is 0 Å². The molecular weight excluding hydrogens is 378 g/mol. The number of benzene rings is 1. The first kappa shape index (κ1) is 19.4. The molecule has 0 bridgehead atoms. The lowest BCUT2D eigenvalue weighted by molar-refractivity contribution is -0.150. The van der Waals surface area contributed by atoms with E-state index in [2.05, 4.69) is 5.32 Å². The van der Waals surface area contributed by atoms with Gasteiger partial charge < -0.3 is 23.9 Å². The zero-order valence-electron chi connectivity index (χ0n) is 16.0. The largest absolute Gasteiger partial charge is 0.482 e. The molecule has 2 aromatic rings. The molecule has 0 saturated carbocycles. The summed E-state index contributed by atoms with van der Waals surface area (Å²) in [6.07, 6.45) is 4.51. The van der Waals surface area contributed by atoms with E-state index in [-0.39, 0.29) is 30.9 Å². The fourth-order valence-corrected chi connectivity index (χ4v) is 3.77. The van der Waals surface area contributed by atoms with E-state index in [0.29, 0.717) is 24.5 Å². The van der Waals surface area contributed by atoms with Crippen molar-refractivity contribution in [3.63, 3.8) is 0 Å². The lowest BCUT2D eigenvalue weighted by Crippen LogP contribution is -2.35. The number of aryl methyl sites for hydroxylation is 1. The van der Waals surface area contributed by atoms with Gasteiger partial charge in [0.15, 0.2) is 13.2 Å². The fourth-order valence-electron chi connectivity index (χ4n) is 3.77. The molecule has 2 heterocycles. The van der Waals surface area contributed by atoms with Crippen molar-refractivity contribution in [2.24, 2.45) is 0 Å². The van der Waals surface area contributed by atoms with Crippen molar-refractivity contribution < 1.29 is 28.2 Å². The third-order valence-electron chi connectivity index (χ3n) is 5.22. The highest BCUT2D eigenvalue weighted by Crippen LogP contribution is 2.29. The smallest absolute Gasteiger partial charge is 0.344 e. The number of rotatable bonds is 7. The maximum absolute atomic E-state index is 12.1. The second kappa shape index (κ2) is 8.65. The number of esters is 1. The minimum absolute atomic E-state index is 0.0344. The summed E-state index contributed by atoms with van der Waals surface area (Å²) in [7, 11) is 0.